The smallest absolute Gasteiger partial charge is 0.325 e. The maximum atomic E-state index is 13.8. The van der Waals surface area contributed by atoms with Crippen LogP contribution in [0.4, 0.5) is 9.18 Å². The van der Waals surface area contributed by atoms with Crippen LogP contribution in [-0.2, 0) is 16.9 Å². The number of urea groups is 1. The third kappa shape index (κ3) is 3.16. The quantitative estimate of drug-likeness (QED) is 0.669. The van der Waals surface area contributed by atoms with Crippen LogP contribution in [-0.4, -0.2) is 27.0 Å². The van der Waals surface area contributed by atoms with Gasteiger partial charge in [-0.3, -0.25) is 9.69 Å². The van der Waals surface area contributed by atoms with E-state index in [1.165, 1.54) is 6.07 Å². The normalized spacial score (nSPS) is 18.9. The number of carbonyl (C=O) groups is 2. The summed E-state index contributed by atoms with van der Waals surface area (Å²) in [6, 6.07) is 13.2. The molecule has 7 nitrogen and oxygen atoms in total. The first kappa shape index (κ1) is 18.8. The number of rotatable bonds is 5. The van der Waals surface area contributed by atoms with Crippen molar-refractivity contribution < 1.29 is 18.5 Å². The third-order valence-corrected chi connectivity index (χ3v) is 5.16. The molecule has 0 spiro atoms. The fraction of sp³-hybridized carbons (Fsp3) is 0.238. The van der Waals surface area contributed by atoms with Crippen LogP contribution in [0.1, 0.15) is 30.4 Å². The molecule has 1 aliphatic heterocycles. The lowest BCUT2D eigenvalue weighted by molar-refractivity contribution is -0.132. The van der Waals surface area contributed by atoms with Gasteiger partial charge in [-0.2, -0.15) is 4.98 Å². The lowest BCUT2D eigenvalue weighted by Gasteiger charge is -2.25. The van der Waals surface area contributed by atoms with Crippen molar-refractivity contribution in [3.8, 4) is 11.4 Å². The second-order valence-electron chi connectivity index (χ2n) is 6.92. The molecule has 1 aliphatic rings. The van der Waals surface area contributed by atoms with Crippen LogP contribution in [0.25, 0.3) is 11.4 Å². The topological polar surface area (TPSA) is 88.3 Å². The number of imide groups is 1. The van der Waals surface area contributed by atoms with Crippen molar-refractivity contribution in [2.24, 2.45) is 0 Å². The average molecular weight is 394 g/mol. The van der Waals surface area contributed by atoms with E-state index in [1.807, 2.05) is 37.3 Å². The van der Waals surface area contributed by atoms with Gasteiger partial charge in [0.15, 0.2) is 0 Å². The molecule has 1 unspecified atom stereocenters. The molecule has 4 rings (SSSR count). The zero-order valence-electron chi connectivity index (χ0n) is 16.0. The lowest BCUT2D eigenvalue weighted by atomic mass is 9.87. The zero-order chi connectivity index (χ0) is 20.6. The molecule has 29 heavy (non-hydrogen) atoms. The number of halogens is 1. The minimum atomic E-state index is -1.12. The van der Waals surface area contributed by atoms with Gasteiger partial charge in [0.25, 0.3) is 5.91 Å². The van der Waals surface area contributed by atoms with Crippen LogP contribution in [0.5, 0.6) is 0 Å². The number of nitrogens with one attached hydrogen (secondary N) is 1. The molecule has 1 N–H and O–H groups in total. The predicted molar refractivity (Wildman–Crippen MR) is 102 cm³/mol. The van der Waals surface area contributed by atoms with E-state index in [0.717, 1.165) is 4.90 Å². The number of carbonyl (C=O) groups excluding carboxylic acids is 2. The van der Waals surface area contributed by atoms with E-state index in [2.05, 4.69) is 15.5 Å². The number of aryl methyl sites for hydroxylation is 1. The van der Waals surface area contributed by atoms with Crippen molar-refractivity contribution in [3.63, 3.8) is 0 Å². The van der Waals surface area contributed by atoms with E-state index in [9.17, 15) is 14.0 Å². The van der Waals surface area contributed by atoms with E-state index >= 15 is 0 Å². The Morgan fingerprint density at radius 1 is 1.17 bits per heavy atom. The molecule has 0 saturated carbocycles. The maximum absolute atomic E-state index is 13.8. The Morgan fingerprint density at radius 3 is 2.62 bits per heavy atom. The van der Waals surface area contributed by atoms with Crippen LogP contribution in [0.15, 0.2) is 53.1 Å². The summed E-state index contributed by atoms with van der Waals surface area (Å²) in [6.45, 7) is 3.33. The van der Waals surface area contributed by atoms with Gasteiger partial charge in [-0.1, -0.05) is 54.5 Å². The van der Waals surface area contributed by atoms with Gasteiger partial charge in [0, 0.05) is 5.56 Å². The van der Waals surface area contributed by atoms with E-state index in [4.69, 9.17) is 4.52 Å². The van der Waals surface area contributed by atoms with Crippen molar-refractivity contribution in [2.45, 2.75) is 32.4 Å². The number of hydrogen-bond donors (Lipinski definition) is 1. The maximum Gasteiger partial charge on any atom is 0.325 e. The van der Waals surface area contributed by atoms with Gasteiger partial charge in [-0.15, -0.1) is 0 Å². The van der Waals surface area contributed by atoms with Crippen LogP contribution in [0.2, 0.25) is 0 Å². The highest BCUT2D eigenvalue weighted by Crippen LogP contribution is 2.33. The van der Waals surface area contributed by atoms with E-state index in [1.54, 1.807) is 19.1 Å². The standard InChI is InChI=1S/C21H19FN4O3/c1-3-21(15-7-5-4-6-8-15)19(27)26(20(28)24-21)12-17-23-18(25-29-17)14-10-9-13(2)16(22)11-14/h4-11H,3,12H2,1-2H3,(H,24,28). The minimum absolute atomic E-state index is 0.0875. The molecule has 8 heteroatoms. The number of nitrogens with zero attached hydrogens (tertiary/aromatic N) is 3. The highest BCUT2D eigenvalue weighted by atomic mass is 19.1. The Labute approximate surface area is 166 Å². The molecule has 1 fully saturated rings. The van der Waals surface area contributed by atoms with Gasteiger partial charge in [-0.05, 0) is 30.5 Å². The molecule has 1 atom stereocenters. The van der Waals surface area contributed by atoms with Crippen molar-refractivity contribution in [1.29, 1.82) is 0 Å². The fourth-order valence-electron chi connectivity index (χ4n) is 3.44. The summed E-state index contributed by atoms with van der Waals surface area (Å²) >= 11 is 0. The van der Waals surface area contributed by atoms with Crippen molar-refractivity contribution in [2.75, 3.05) is 0 Å². The van der Waals surface area contributed by atoms with Gasteiger partial charge in [0.2, 0.25) is 11.7 Å². The molecule has 148 valence electrons. The largest absolute Gasteiger partial charge is 0.337 e. The zero-order valence-corrected chi connectivity index (χ0v) is 16.0. The molecule has 1 aromatic heterocycles. The van der Waals surface area contributed by atoms with E-state index in [0.29, 0.717) is 23.1 Å². The monoisotopic (exact) mass is 394 g/mol. The highest BCUT2D eigenvalue weighted by Gasteiger charge is 2.51. The Morgan fingerprint density at radius 2 is 1.93 bits per heavy atom. The second kappa shape index (κ2) is 7.12. The highest BCUT2D eigenvalue weighted by molar-refractivity contribution is 6.07. The van der Waals surface area contributed by atoms with Crippen molar-refractivity contribution >= 4 is 11.9 Å². The summed E-state index contributed by atoms with van der Waals surface area (Å²) in [6.07, 6.45) is 0.399. The molecule has 3 aromatic rings. The van der Waals surface area contributed by atoms with Crippen molar-refractivity contribution in [3.05, 3.63) is 71.4 Å². The Kier molecular flexibility index (Phi) is 4.62. The van der Waals surface area contributed by atoms with Crippen LogP contribution >= 0.6 is 0 Å². The van der Waals surface area contributed by atoms with Crippen molar-refractivity contribution in [1.82, 2.24) is 20.4 Å². The molecule has 2 heterocycles. The fourth-order valence-corrected chi connectivity index (χ4v) is 3.44. The number of aromatic nitrogens is 2. The summed E-state index contributed by atoms with van der Waals surface area (Å²) in [4.78, 5) is 31.0. The Bertz CT molecular complexity index is 1080. The van der Waals surface area contributed by atoms with Crippen LogP contribution in [0.3, 0.4) is 0 Å². The second-order valence-corrected chi connectivity index (χ2v) is 6.92. The third-order valence-electron chi connectivity index (χ3n) is 5.16. The molecule has 1 saturated heterocycles. The van der Waals surface area contributed by atoms with Gasteiger partial charge in [-0.25, -0.2) is 9.18 Å². The summed E-state index contributed by atoms with van der Waals surface area (Å²) in [5.41, 5.74) is 0.548. The molecule has 0 bridgehead atoms. The van der Waals surface area contributed by atoms with E-state index in [-0.39, 0.29) is 30.0 Å². The Hall–Kier alpha value is -3.55. The van der Waals surface area contributed by atoms with Gasteiger partial charge in [0.05, 0.1) is 0 Å². The predicted octanol–water partition coefficient (Wildman–Crippen LogP) is 3.54. The van der Waals surface area contributed by atoms with Crippen LogP contribution in [0, 0.1) is 12.7 Å². The summed E-state index contributed by atoms with van der Waals surface area (Å²) in [7, 11) is 0. The summed E-state index contributed by atoms with van der Waals surface area (Å²) < 4.78 is 19.0. The number of benzene rings is 2. The first-order valence-electron chi connectivity index (χ1n) is 9.23. The minimum Gasteiger partial charge on any atom is -0.337 e. The SMILES string of the molecule is CCC1(c2ccccc2)NC(=O)N(Cc2nc(-c3ccc(C)c(F)c3)no2)C1=O. The lowest BCUT2D eigenvalue weighted by Crippen LogP contribution is -2.43. The van der Waals surface area contributed by atoms with Crippen LogP contribution < -0.4 is 5.32 Å². The number of hydrogen-bond acceptors (Lipinski definition) is 5. The van der Waals surface area contributed by atoms with Gasteiger partial charge in [0.1, 0.15) is 17.9 Å². The van der Waals surface area contributed by atoms with Gasteiger partial charge < -0.3 is 9.84 Å². The molecule has 3 amide bonds. The molecular formula is C21H19FN4O3. The average Bonchev–Trinajstić information content (AvgIpc) is 3.29. The first-order valence-corrected chi connectivity index (χ1v) is 9.23. The summed E-state index contributed by atoms with van der Waals surface area (Å²) in [5.74, 6) is -0.476. The van der Waals surface area contributed by atoms with E-state index < -0.39 is 11.6 Å². The molecule has 0 radical (unpaired) electrons. The Balaban J connectivity index is 1.59. The van der Waals surface area contributed by atoms with Gasteiger partial charge >= 0.3 is 6.03 Å². The molecule has 0 aliphatic carbocycles. The summed E-state index contributed by atoms with van der Waals surface area (Å²) in [5, 5.41) is 6.65. The number of amides is 3. The first-order chi connectivity index (χ1) is 13.9. The molecular weight excluding hydrogens is 375 g/mol. The molecule has 2 aromatic carbocycles.